The SMILES string of the molecule is Cc1cccc(C(=O)ON=C2CCCCC2)c1. The van der Waals surface area contributed by atoms with Crippen molar-refractivity contribution < 1.29 is 9.63 Å². The average molecular weight is 231 g/mol. The van der Waals surface area contributed by atoms with Crippen LogP contribution in [-0.2, 0) is 4.84 Å². The first kappa shape index (κ1) is 11.8. The quantitative estimate of drug-likeness (QED) is 0.577. The van der Waals surface area contributed by atoms with Crippen LogP contribution in [0.5, 0.6) is 0 Å². The highest BCUT2D eigenvalue weighted by atomic mass is 16.7. The summed E-state index contributed by atoms with van der Waals surface area (Å²) in [6.45, 7) is 1.95. The molecule has 0 aromatic heterocycles. The van der Waals surface area contributed by atoms with E-state index in [9.17, 15) is 4.79 Å². The van der Waals surface area contributed by atoms with Gasteiger partial charge in [-0.05, 0) is 44.7 Å². The molecule has 0 saturated heterocycles. The van der Waals surface area contributed by atoms with Crippen LogP contribution in [-0.4, -0.2) is 11.7 Å². The Morgan fingerprint density at radius 1 is 1.24 bits per heavy atom. The van der Waals surface area contributed by atoms with Gasteiger partial charge in [0.05, 0.1) is 11.3 Å². The first-order valence-electron chi connectivity index (χ1n) is 6.09. The van der Waals surface area contributed by atoms with Crippen molar-refractivity contribution in [1.29, 1.82) is 0 Å². The fraction of sp³-hybridized carbons (Fsp3) is 0.429. The first-order chi connectivity index (χ1) is 8.25. The van der Waals surface area contributed by atoms with E-state index in [1.54, 1.807) is 6.07 Å². The minimum Gasteiger partial charge on any atom is -0.313 e. The third-order valence-corrected chi connectivity index (χ3v) is 2.94. The van der Waals surface area contributed by atoms with Gasteiger partial charge in [0.15, 0.2) is 0 Å². The highest BCUT2D eigenvalue weighted by Crippen LogP contribution is 2.15. The summed E-state index contributed by atoms with van der Waals surface area (Å²) in [4.78, 5) is 16.7. The number of oxime groups is 1. The van der Waals surface area contributed by atoms with E-state index in [-0.39, 0.29) is 5.97 Å². The lowest BCUT2D eigenvalue weighted by atomic mass is 9.99. The van der Waals surface area contributed by atoms with Gasteiger partial charge in [0.1, 0.15) is 0 Å². The molecule has 0 amide bonds. The second-order valence-electron chi connectivity index (χ2n) is 4.47. The molecule has 0 spiro atoms. The molecule has 0 bridgehead atoms. The Labute approximate surface area is 101 Å². The normalized spacial score (nSPS) is 15.5. The third-order valence-electron chi connectivity index (χ3n) is 2.94. The van der Waals surface area contributed by atoms with Gasteiger partial charge in [-0.25, -0.2) is 4.79 Å². The first-order valence-corrected chi connectivity index (χ1v) is 6.09. The molecular weight excluding hydrogens is 214 g/mol. The number of rotatable bonds is 2. The van der Waals surface area contributed by atoms with Crippen molar-refractivity contribution in [2.75, 3.05) is 0 Å². The Hall–Kier alpha value is -1.64. The summed E-state index contributed by atoms with van der Waals surface area (Å²) in [5, 5.41) is 3.96. The Morgan fingerprint density at radius 3 is 2.71 bits per heavy atom. The Morgan fingerprint density at radius 2 is 2.00 bits per heavy atom. The molecule has 2 rings (SSSR count). The molecule has 0 radical (unpaired) electrons. The van der Waals surface area contributed by atoms with Gasteiger partial charge in [-0.1, -0.05) is 29.3 Å². The Kier molecular flexibility index (Phi) is 3.91. The molecule has 17 heavy (non-hydrogen) atoms. The van der Waals surface area contributed by atoms with Crippen LogP contribution in [0.4, 0.5) is 0 Å². The van der Waals surface area contributed by atoms with Crippen LogP contribution in [0.1, 0.15) is 48.0 Å². The molecule has 0 unspecified atom stereocenters. The molecule has 3 nitrogen and oxygen atoms in total. The van der Waals surface area contributed by atoms with E-state index in [1.165, 1.54) is 6.42 Å². The maximum absolute atomic E-state index is 11.7. The minimum absolute atomic E-state index is 0.369. The topological polar surface area (TPSA) is 38.7 Å². The molecule has 3 heteroatoms. The Bertz CT molecular complexity index is 430. The standard InChI is InChI=1S/C14H17NO2/c1-11-6-5-7-12(10-11)14(16)17-15-13-8-3-2-4-9-13/h5-7,10H,2-4,8-9H2,1H3. The molecule has 0 atom stereocenters. The zero-order chi connectivity index (χ0) is 12.1. The van der Waals surface area contributed by atoms with E-state index in [1.807, 2.05) is 25.1 Å². The van der Waals surface area contributed by atoms with Crippen LogP contribution in [0.3, 0.4) is 0 Å². The summed E-state index contributed by atoms with van der Waals surface area (Å²) in [7, 11) is 0. The van der Waals surface area contributed by atoms with Crippen molar-refractivity contribution in [3.63, 3.8) is 0 Å². The highest BCUT2D eigenvalue weighted by Gasteiger charge is 2.10. The van der Waals surface area contributed by atoms with Crippen LogP contribution in [0.2, 0.25) is 0 Å². The maximum atomic E-state index is 11.7. The van der Waals surface area contributed by atoms with Crippen LogP contribution >= 0.6 is 0 Å². The van der Waals surface area contributed by atoms with Gasteiger partial charge >= 0.3 is 5.97 Å². The van der Waals surface area contributed by atoms with Gasteiger partial charge in [0.25, 0.3) is 0 Å². The number of carbonyl (C=O) groups is 1. The summed E-state index contributed by atoms with van der Waals surface area (Å²) in [6.07, 6.45) is 5.48. The average Bonchev–Trinajstić information content (AvgIpc) is 2.37. The van der Waals surface area contributed by atoms with E-state index in [0.717, 1.165) is 37.0 Å². The van der Waals surface area contributed by atoms with E-state index < -0.39 is 0 Å². The molecule has 1 aromatic carbocycles. The molecule has 90 valence electrons. The second kappa shape index (κ2) is 5.62. The fourth-order valence-corrected chi connectivity index (χ4v) is 1.98. The van der Waals surface area contributed by atoms with Crippen LogP contribution in [0, 0.1) is 6.92 Å². The van der Waals surface area contributed by atoms with Crippen molar-refractivity contribution >= 4 is 11.7 Å². The minimum atomic E-state index is -0.369. The summed E-state index contributed by atoms with van der Waals surface area (Å²) in [5.74, 6) is -0.369. The van der Waals surface area contributed by atoms with E-state index >= 15 is 0 Å². The molecule has 1 aliphatic rings. The Balaban J connectivity index is 1.97. The van der Waals surface area contributed by atoms with Crippen molar-refractivity contribution in [3.05, 3.63) is 35.4 Å². The number of hydrogen-bond donors (Lipinski definition) is 0. The van der Waals surface area contributed by atoms with Gasteiger partial charge in [-0.15, -0.1) is 0 Å². The van der Waals surface area contributed by atoms with Gasteiger partial charge < -0.3 is 4.84 Å². The lowest BCUT2D eigenvalue weighted by Gasteiger charge is -2.10. The predicted octanol–water partition coefficient (Wildman–Crippen LogP) is 3.47. The summed E-state index contributed by atoms with van der Waals surface area (Å²) in [6, 6.07) is 7.35. The largest absolute Gasteiger partial charge is 0.365 e. The smallest absolute Gasteiger partial charge is 0.313 e. The van der Waals surface area contributed by atoms with Gasteiger partial charge in [-0.3, -0.25) is 0 Å². The lowest BCUT2D eigenvalue weighted by Crippen LogP contribution is -2.08. The fourth-order valence-electron chi connectivity index (χ4n) is 1.98. The molecule has 1 aromatic rings. The molecule has 1 saturated carbocycles. The number of hydrogen-bond acceptors (Lipinski definition) is 3. The van der Waals surface area contributed by atoms with Gasteiger partial charge in [0, 0.05) is 0 Å². The molecule has 1 fully saturated rings. The van der Waals surface area contributed by atoms with Gasteiger partial charge in [0.2, 0.25) is 0 Å². The second-order valence-corrected chi connectivity index (χ2v) is 4.47. The molecule has 0 heterocycles. The number of carbonyl (C=O) groups excluding carboxylic acids is 1. The zero-order valence-corrected chi connectivity index (χ0v) is 10.1. The number of nitrogens with zero attached hydrogens (tertiary/aromatic N) is 1. The molecule has 0 N–H and O–H groups in total. The van der Waals surface area contributed by atoms with Crippen LogP contribution in [0.25, 0.3) is 0 Å². The summed E-state index contributed by atoms with van der Waals surface area (Å²) >= 11 is 0. The van der Waals surface area contributed by atoms with E-state index in [0.29, 0.717) is 5.56 Å². The monoisotopic (exact) mass is 231 g/mol. The lowest BCUT2D eigenvalue weighted by molar-refractivity contribution is 0.0513. The van der Waals surface area contributed by atoms with Crippen LogP contribution in [0.15, 0.2) is 29.4 Å². The van der Waals surface area contributed by atoms with Gasteiger partial charge in [-0.2, -0.15) is 0 Å². The molecule has 0 aliphatic heterocycles. The van der Waals surface area contributed by atoms with E-state index in [4.69, 9.17) is 4.84 Å². The highest BCUT2D eigenvalue weighted by molar-refractivity contribution is 5.91. The molecular formula is C14H17NO2. The van der Waals surface area contributed by atoms with Crippen LogP contribution < -0.4 is 0 Å². The summed E-state index contributed by atoms with van der Waals surface area (Å²) < 4.78 is 0. The van der Waals surface area contributed by atoms with Crippen molar-refractivity contribution in [3.8, 4) is 0 Å². The van der Waals surface area contributed by atoms with Crippen molar-refractivity contribution in [2.45, 2.75) is 39.0 Å². The third kappa shape index (κ3) is 3.41. The predicted molar refractivity (Wildman–Crippen MR) is 67.1 cm³/mol. The number of aryl methyl sites for hydroxylation is 1. The maximum Gasteiger partial charge on any atom is 0.365 e. The number of benzene rings is 1. The molecule has 1 aliphatic carbocycles. The summed E-state index contributed by atoms with van der Waals surface area (Å²) in [5.41, 5.74) is 2.62. The van der Waals surface area contributed by atoms with Crippen molar-refractivity contribution in [1.82, 2.24) is 0 Å². The van der Waals surface area contributed by atoms with Crippen molar-refractivity contribution in [2.24, 2.45) is 5.16 Å². The zero-order valence-electron chi connectivity index (χ0n) is 10.1. The van der Waals surface area contributed by atoms with E-state index in [2.05, 4.69) is 5.16 Å².